The summed E-state index contributed by atoms with van der Waals surface area (Å²) in [6.45, 7) is 13.3. The van der Waals surface area contributed by atoms with Gasteiger partial charge >= 0.3 is 0 Å². The van der Waals surface area contributed by atoms with Gasteiger partial charge in [0.05, 0.1) is 0 Å². The molecular formula is C15H32N2O. The molecule has 3 nitrogen and oxygen atoms in total. The van der Waals surface area contributed by atoms with Crippen LogP contribution in [0, 0.1) is 5.92 Å². The van der Waals surface area contributed by atoms with E-state index in [1.54, 1.807) is 0 Å². The number of hydrogen-bond donors (Lipinski definition) is 1. The second kappa shape index (κ2) is 9.76. The van der Waals surface area contributed by atoms with E-state index in [1.807, 2.05) is 0 Å². The standard InChI is InChI=1S/C15H32N2O/c1-4-18-12-6-5-9-16-10-11-17-13-14(2)7-8-15(17)3/h14-16H,4-13H2,1-3H3. The average Bonchev–Trinajstić information content (AvgIpc) is 2.36. The van der Waals surface area contributed by atoms with E-state index in [1.165, 1.54) is 38.8 Å². The summed E-state index contributed by atoms with van der Waals surface area (Å²) in [5.74, 6) is 0.882. The van der Waals surface area contributed by atoms with Gasteiger partial charge in [0.2, 0.25) is 0 Å². The van der Waals surface area contributed by atoms with E-state index in [2.05, 4.69) is 31.0 Å². The number of ether oxygens (including phenoxy) is 1. The van der Waals surface area contributed by atoms with Crippen LogP contribution < -0.4 is 5.32 Å². The molecule has 0 radical (unpaired) electrons. The van der Waals surface area contributed by atoms with Gasteiger partial charge in [0.25, 0.3) is 0 Å². The van der Waals surface area contributed by atoms with Gasteiger partial charge in [-0.15, -0.1) is 0 Å². The Labute approximate surface area is 113 Å². The minimum absolute atomic E-state index is 0.779. The van der Waals surface area contributed by atoms with Crippen LogP contribution in [0.25, 0.3) is 0 Å². The zero-order valence-electron chi connectivity index (χ0n) is 12.6. The lowest BCUT2D eigenvalue weighted by atomic mass is 9.95. The van der Waals surface area contributed by atoms with Gasteiger partial charge in [-0.3, -0.25) is 4.90 Å². The van der Waals surface area contributed by atoms with Crippen molar-refractivity contribution in [3.8, 4) is 0 Å². The molecule has 0 saturated carbocycles. The van der Waals surface area contributed by atoms with Gasteiger partial charge in [0.1, 0.15) is 0 Å². The van der Waals surface area contributed by atoms with Crippen molar-refractivity contribution in [1.29, 1.82) is 0 Å². The third kappa shape index (κ3) is 6.72. The summed E-state index contributed by atoms with van der Waals surface area (Å²) in [6.07, 6.45) is 5.18. The fourth-order valence-electron chi connectivity index (χ4n) is 2.64. The van der Waals surface area contributed by atoms with Crippen LogP contribution in [-0.4, -0.2) is 50.3 Å². The number of nitrogens with one attached hydrogen (secondary N) is 1. The molecule has 0 aromatic heterocycles. The second-order valence-corrected chi connectivity index (χ2v) is 5.68. The molecule has 1 aliphatic rings. The molecule has 0 aliphatic carbocycles. The highest BCUT2D eigenvalue weighted by Crippen LogP contribution is 2.20. The van der Waals surface area contributed by atoms with Crippen LogP contribution in [0.2, 0.25) is 0 Å². The lowest BCUT2D eigenvalue weighted by Crippen LogP contribution is -2.44. The molecule has 0 amide bonds. The molecule has 3 heteroatoms. The Balaban J connectivity index is 1.93. The number of unbranched alkanes of at least 4 members (excludes halogenated alkanes) is 1. The number of nitrogens with zero attached hydrogens (tertiary/aromatic N) is 1. The first-order chi connectivity index (χ1) is 8.74. The van der Waals surface area contributed by atoms with Crippen molar-refractivity contribution in [2.45, 2.75) is 52.5 Å². The minimum Gasteiger partial charge on any atom is -0.382 e. The first kappa shape index (κ1) is 15.9. The van der Waals surface area contributed by atoms with Gasteiger partial charge in [-0.25, -0.2) is 0 Å². The second-order valence-electron chi connectivity index (χ2n) is 5.68. The van der Waals surface area contributed by atoms with E-state index in [-0.39, 0.29) is 0 Å². The summed E-state index contributed by atoms with van der Waals surface area (Å²) in [7, 11) is 0. The highest BCUT2D eigenvalue weighted by molar-refractivity contribution is 4.77. The Morgan fingerprint density at radius 1 is 1.17 bits per heavy atom. The number of piperidine rings is 1. The van der Waals surface area contributed by atoms with Gasteiger partial charge in [-0.05, 0) is 52.0 Å². The molecule has 18 heavy (non-hydrogen) atoms. The summed E-state index contributed by atoms with van der Waals surface area (Å²) in [6, 6.07) is 0.779. The van der Waals surface area contributed by atoms with Gasteiger partial charge < -0.3 is 10.1 Å². The predicted molar refractivity (Wildman–Crippen MR) is 78.0 cm³/mol. The molecule has 0 aromatic carbocycles. The molecule has 2 atom stereocenters. The molecule has 1 saturated heterocycles. The first-order valence-electron chi connectivity index (χ1n) is 7.76. The SMILES string of the molecule is CCOCCCCNCCN1CC(C)CCC1C. The topological polar surface area (TPSA) is 24.5 Å². The van der Waals surface area contributed by atoms with Crippen molar-refractivity contribution in [1.82, 2.24) is 10.2 Å². The smallest absolute Gasteiger partial charge is 0.0466 e. The average molecular weight is 256 g/mol. The highest BCUT2D eigenvalue weighted by Gasteiger charge is 2.21. The van der Waals surface area contributed by atoms with Crippen molar-refractivity contribution in [3.63, 3.8) is 0 Å². The van der Waals surface area contributed by atoms with Crippen molar-refractivity contribution in [2.24, 2.45) is 5.92 Å². The van der Waals surface area contributed by atoms with Crippen LogP contribution >= 0.6 is 0 Å². The first-order valence-corrected chi connectivity index (χ1v) is 7.76. The number of hydrogen-bond acceptors (Lipinski definition) is 3. The van der Waals surface area contributed by atoms with Crippen molar-refractivity contribution < 1.29 is 4.74 Å². The fourth-order valence-corrected chi connectivity index (χ4v) is 2.64. The minimum atomic E-state index is 0.779. The van der Waals surface area contributed by atoms with Gasteiger partial charge in [0.15, 0.2) is 0 Å². The molecule has 0 aromatic rings. The van der Waals surface area contributed by atoms with Crippen LogP contribution in [0.4, 0.5) is 0 Å². The van der Waals surface area contributed by atoms with E-state index in [4.69, 9.17) is 4.74 Å². The summed E-state index contributed by atoms with van der Waals surface area (Å²) in [4.78, 5) is 2.64. The van der Waals surface area contributed by atoms with E-state index in [0.29, 0.717) is 0 Å². The molecule has 1 rings (SSSR count). The van der Waals surface area contributed by atoms with Crippen molar-refractivity contribution >= 4 is 0 Å². The van der Waals surface area contributed by atoms with E-state index < -0.39 is 0 Å². The van der Waals surface area contributed by atoms with Crippen LogP contribution in [-0.2, 0) is 4.74 Å². The quantitative estimate of drug-likeness (QED) is 0.642. The Bertz CT molecular complexity index is 199. The third-order valence-corrected chi connectivity index (χ3v) is 3.92. The zero-order chi connectivity index (χ0) is 13.2. The molecule has 1 heterocycles. The molecule has 0 bridgehead atoms. The molecule has 1 fully saturated rings. The number of rotatable bonds is 9. The number of likely N-dealkylation sites (tertiary alicyclic amines) is 1. The third-order valence-electron chi connectivity index (χ3n) is 3.92. The van der Waals surface area contributed by atoms with Crippen LogP contribution in [0.1, 0.15) is 46.5 Å². The molecule has 1 aliphatic heterocycles. The maximum Gasteiger partial charge on any atom is 0.0466 e. The van der Waals surface area contributed by atoms with E-state index in [0.717, 1.165) is 38.3 Å². The Morgan fingerprint density at radius 3 is 2.78 bits per heavy atom. The van der Waals surface area contributed by atoms with Crippen LogP contribution in [0.15, 0.2) is 0 Å². The molecule has 2 unspecified atom stereocenters. The molecule has 108 valence electrons. The molecule has 1 N–H and O–H groups in total. The van der Waals surface area contributed by atoms with Crippen LogP contribution in [0.3, 0.4) is 0 Å². The fraction of sp³-hybridized carbons (Fsp3) is 1.00. The normalized spacial score (nSPS) is 25.5. The summed E-state index contributed by atoms with van der Waals surface area (Å²) < 4.78 is 5.33. The van der Waals surface area contributed by atoms with Crippen molar-refractivity contribution in [3.05, 3.63) is 0 Å². The highest BCUT2D eigenvalue weighted by atomic mass is 16.5. The zero-order valence-corrected chi connectivity index (χ0v) is 12.6. The van der Waals surface area contributed by atoms with Gasteiger partial charge in [-0.1, -0.05) is 6.92 Å². The van der Waals surface area contributed by atoms with Crippen LogP contribution in [0.5, 0.6) is 0 Å². The monoisotopic (exact) mass is 256 g/mol. The largest absolute Gasteiger partial charge is 0.382 e. The Hall–Kier alpha value is -0.120. The van der Waals surface area contributed by atoms with Gasteiger partial charge in [0, 0.05) is 38.9 Å². The predicted octanol–water partition coefficient (Wildman–Crippen LogP) is 2.51. The summed E-state index contributed by atoms with van der Waals surface area (Å²) in [5.41, 5.74) is 0. The Kier molecular flexibility index (Phi) is 8.64. The molecular weight excluding hydrogens is 224 g/mol. The lowest BCUT2D eigenvalue weighted by Gasteiger charge is -2.36. The Morgan fingerprint density at radius 2 is 2.00 bits per heavy atom. The maximum absolute atomic E-state index is 5.33. The lowest BCUT2D eigenvalue weighted by molar-refractivity contribution is 0.125. The van der Waals surface area contributed by atoms with E-state index in [9.17, 15) is 0 Å². The summed E-state index contributed by atoms with van der Waals surface area (Å²) >= 11 is 0. The summed E-state index contributed by atoms with van der Waals surface area (Å²) in [5, 5.41) is 3.55. The van der Waals surface area contributed by atoms with Crippen molar-refractivity contribution in [2.75, 3.05) is 39.4 Å². The van der Waals surface area contributed by atoms with Gasteiger partial charge in [-0.2, -0.15) is 0 Å². The van der Waals surface area contributed by atoms with E-state index >= 15 is 0 Å². The molecule has 0 spiro atoms. The maximum atomic E-state index is 5.33.